The third-order valence-corrected chi connectivity index (χ3v) is 5.40. The van der Waals surface area contributed by atoms with Crippen molar-refractivity contribution in [2.24, 2.45) is 0 Å². The van der Waals surface area contributed by atoms with Crippen LogP contribution >= 0.6 is 43.2 Å². The number of hydrogen-bond acceptors (Lipinski definition) is 1. The number of hydrogen-bond donors (Lipinski definition) is 0. The standard InChI is InChI=1S/C14H14Br2S/c1-2-11-6-7-17-14(11)13(16)9-10-4-3-5-12(15)8-10/h3-8,13H,2,9H2,1H3. The first-order chi connectivity index (χ1) is 8.20. The minimum Gasteiger partial charge on any atom is -0.147 e. The molecule has 3 heteroatoms. The van der Waals surface area contributed by atoms with Crippen LogP contribution in [0.25, 0.3) is 0 Å². The predicted octanol–water partition coefficient (Wildman–Crippen LogP) is 5.75. The molecule has 1 aromatic heterocycles. The highest BCUT2D eigenvalue weighted by Gasteiger charge is 2.13. The molecular weight excluding hydrogens is 360 g/mol. The maximum absolute atomic E-state index is 3.81. The Morgan fingerprint density at radius 3 is 2.82 bits per heavy atom. The van der Waals surface area contributed by atoms with Crippen LogP contribution in [-0.2, 0) is 12.8 Å². The predicted molar refractivity (Wildman–Crippen MR) is 83.2 cm³/mol. The van der Waals surface area contributed by atoms with Crippen molar-refractivity contribution >= 4 is 43.2 Å². The third-order valence-electron chi connectivity index (χ3n) is 2.75. The summed E-state index contributed by atoms with van der Waals surface area (Å²) in [6.07, 6.45) is 2.15. The number of thiophene rings is 1. The number of halogens is 2. The van der Waals surface area contributed by atoms with Gasteiger partial charge in [-0.05, 0) is 47.5 Å². The average Bonchev–Trinajstić information content (AvgIpc) is 2.77. The molecule has 1 heterocycles. The highest BCUT2D eigenvalue weighted by atomic mass is 79.9. The second-order valence-electron chi connectivity index (χ2n) is 3.97. The van der Waals surface area contributed by atoms with E-state index in [1.165, 1.54) is 16.0 Å². The fourth-order valence-corrected chi connectivity index (χ4v) is 4.29. The van der Waals surface area contributed by atoms with E-state index in [-0.39, 0.29) is 0 Å². The lowest BCUT2D eigenvalue weighted by Crippen LogP contribution is -1.96. The molecule has 0 radical (unpaired) electrons. The molecule has 0 fully saturated rings. The Morgan fingerprint density at radius 2 is 2.12 bits per heavy atom. The molecule has 90 valence electrons. The van der Waals surface area contributed by atoms with Gasteiger partial charge in [0.1, 0.15) is 0 Å². The number of benzene rings is 1. The van der Waals surface area contributed by atoms with E-state index in [1.54, 1.807) is 0 Å². The summed E-state index contributed by atoms with van der Waals surface area (Å²) in [4.78, 5) is 1.89. The summed E-state index contributed by atoms with van der Waals surface area (Å²) in [5, 5.41) is 2.18. The van der Waals surface area contributed by atoms with Gasteiger partial charge in [0.25, 0.3) is 0 Å². The van der Waals surface area contributed by atoms with Gasteiger partial charge in [-0.3, -0.25) is 0 Å². The van der Waals surface area contributed by atoms with Crippen LogP contribution in [0.1, 0.15) is 27.8 Å². The molecule has 0 saturated carbocycles. The van der Waals surface area contributed by atoms with E-state index in [1.807, 2.05) is 11.3 Å². The van der Waals surface area contributed by atoms with Crippen LogP contribution in [0.2, 0.25) is 0 Å². The van der Waals surface area contributed by atoms with Crippen molar-refractivity contribution in [2.75, 3.05) is 0 Å². The van der Waals surface area contributed by atoms with Gasteiger partial charge < -0.3 is 0 Å². The molecule has 1 unspecified atom stereocenters. The fourth-order valence-electron chi connectivity index (χ4n) is 1.88. The topological polar surface area (TPSA) is 0 Å². The lowest BCUT2D eigenvalue weighted by Gasteiger charge is -2.10. The smallest absolute Gasteiger partial charge is 0.0532 e. The molecule has 1 atom stereocenters. The van der Waals surface area contributed by atoms with Crippen LogP contribution < -0.4 is 0 Å². The van der Waals surface area contributed by atoms with Gasteiger partial charge >= 0.3 is 0 Å². The number of alkyl halides is 1. The first kappa shape index (κ1) is 13.3. The number of rotatable bonds is 4. The minimum atomic E-state index is 0.423. The molecular formula is C14H14Br2S. The molecule has 0 nitrogen and oxygen atoms in total. The van der Waals surface area contributed by atoms with E-state index >= 15 is 0 Å². The summed E-state index contributed by atoms with van der Waals surface area (Å²) in [5.74, 6) is 0. The van der Waals surface area contributed by atoms with Gasteiger partial charge in [0.05, 0.1) is 4.83 Å². The maximum atomic E-state index is 3.81. The van der Waals surface area contributed by atoms with Crippen LogP contribution in [0, 0.1) is 0 Å². The molecule has 1 aromatic carbocycles. The zero-order valence-electron chi connectivity index (χ0n) is 9.62. The highest BCUT2D eigenvalue weighted by molar-refractivity contribution is 9.10. The molecule has 0 aliphatic rings. The van der Waals surface area contributed by atoms with E-state index in [2.05, 4.69) is 74.5 Å². The molecule has 0 amide bonds. The average molecular weight is 374 g/mol. The first-order valence-electron chi connectivity index (χ1n) is 5.65. The summed E-state index contributed by atoms with van der Waals surface area (Å²) < 4.78 is 1.15. The summed E-state index contributed by atoms with van der Waals surface area (Å²) in [6.45, 7) is 2.21. The van der Waals surface area contributed by atoms with Crippen molar-refractivity contribution in [3.05, 3.63) is 56.2 Å². The monoisotopic (exact) mass is 372 g/mol. The van der Waals surface area contributed by atoms with Crippen LogP contribution in [-0.4, -0.2) is 0 Å². The van der Waals surface area contributed by atoms with Gasteiger partial charge in [-0.25, -0.2) is 0 Å². The SMILES string of the molecule is CCc1ccsc1C(Br)Cc1cccc(Br)c1. The molecule has 17 heavy (non-hydrogen) atoms. The summed E-state index contributed by atoms with van der Waals surface area (Å²) in [6, 6.07) is 10.8. The molecule has 0 N–H and O–H groups in total. The lowest BCUT2D eigenvalue weighted by molar-refractivity contribution is 0.945. The molecule has 0 aliphatic heterocycles. The van der Waals surface area contributed by atoms with Crippen molar-refractivity contribution in [2.45, 2.75) is 24.6 Å². The van der Waals surface area contributed by atoms with E-state index in [0.717, 1.165) is 17.3 Å². The quantitative estimate of drug-likeness (QED) is 0.598. The second kappa shape index (κ2) is 6.17. The summed E-state index contributed by atoms with van der Waals surface area (Å²) >= 11 is 9.18. The largest absolute Gasteiger partial charge is 0.147 e. The van der Waals surface area contributed by atoms with Crippen molar-refractivity contribution in [1.82, 2.24) is 0 Å². The Labute approximate surface area is 123 Å². The third kappa shape index (κ3) is 3.43. The fraction of sp³-hybridized carbons (Fsp3) is 0.286. The van der Waals surface area contributed by atoms with Gasteiger partial charge in [-0.15, -0.1) is 11.3 Å². The van der Waals surface area contributed by atoms with Crippen molar-refractivity contribution in [3.63, 3.8) is 0 Å². The number of aryl methyl sites for hydroxylation is 1. The van der Waals surface area contributed by atoms with Gasteiger partial charge in [0, 0.05) is 9.35 Å². The zero-order valence-corrected chi connectivity index (χ0v) is 13.6. The Hall–Kier alpha value is -0.120. The van der Waals surface area contributed by atoms with E-state index in [9.17, 15) is 0 Å². The highest BCUT2D eigenvalue weighted by Crippen LogP contribution is 2.34. The van der Waals surface area contributed by atoms with Crippen LogP contribution in [0.15, 0.2) is 40.2 Å². The van der Waals surface area contributed by atoms with Crippen LogP contribution in [0.4, 0.5) is 0 Å². The van der Waals surface area contributed by atoms with Crippen molar-refractivity contribution in [1.29, 1.82) is 0 Å². The van der Waals surface area contributed by atoms with Gasteiger partial charge in [0.15, 0.2) is 0 Å². The molecule has 2 rings (SSSR count). The van der Waals surface area contributed by atoms with E-state index in [4.69, 9.17) is 0 Å². The summed E-state index contributed by atoms with van der Waals surface area (Å²) in [5.41, 5.74) is 2.82. The minimum absolute atomic E-state index is 0.423. The molecule has 2 aromatic rings. The second-order valence-corrected chi connectivity index (χ2v) is 6.93. The molecule has 0 aliphatic carbocycles. The lowest BCUT2D eigenvalue weighted by atomic mass is 10.1. The van der Waals surface area contributed by atoms with Gasteiger partial charge in [-0.2, -0.15) is 0 Å². The van der Waals surface area contributed by atoms with Crippen LogP contribution in [0.5, 0.6) is 0 Å². The molecule has 0 spiro atoms. The molecule has 0 saturated heterocycles. The first-order valence-corrected chi connectivity index (χ1v) is 8.24. The Bertz CT molecular complexity index is 490. The van der Waals surface area contributed by atoms with Crippen molar-refractivity contribution < 1.29 is 0 Å². The molecule has 0 bridgehead atoms. The van der Waals surface area contributed by atoms with Gasteiger partial charge in [-0.1, -0.05) is 50.9 Å². The maximum Gasteiger partial charge on any atom is 0.0532 e. The Kier molecular flexibility index (Phi) is 4.83. The Morgan fingerprint density at radius 1 is 1.29 bits per heavy atom. The van der Waals surface area contributed by atoms with Gasteiger partial charge in [0.2, 0.25) is 0 Å². The zero-order chi connectivity index (χ0) is 12.3. The Balaban J connectivity index is 2.14. The van der Waals surface area contributed by atoms with E-state index < -0.39 is 0 Å². The van der Waals surface area contributed by atoms with Crippen molar-refractivity contribution in [3.8, 4) is 0 Å². The van der Waals surface area contributed by atoms with E-state index in [0.29, 0.717) is 4.83 Å². The normalized spacial score (nSPS) is 12.6. The van der Waals surface area contributed by atoms with Crippen LogP contribution in [0.3, 0.4) is 0 Å². The summed E-state index contributed by atoms with van der Waals surface area (Å²) in [7, 11) is 0.